The van der Waals surface area contributed by atoms with E-state index in [0.717, 1.165) is 45.2 Å². The molecule has 6 heteroatoms. The lowest BCUT2D eigenvalue weighted by Gasteiger charge is -2.55. The van der Waals surface area contributed by atoms with Crippen molar-refractivity contribution in [2.24, 2.45) is 23.2 Å². The van der Waals surface area contributed by atoms with Crippen molar-refractivity contribution >= 4 is 34.8 Å². The van der Waals surface area contributed by atoms with Crippen molar-refractivity contribution in [3.8, 4) is 0 Å². The molecule has 4 aliphatic carbocycles. The molecule has 2 amide bonds. The lowest BCUT2D eigenvalue weighted by Crippen LogP contribution is -2.55. The van der Waals surface area contributed by atoms with E-state index in [4.69, 9.17) is 12.2 Å². The molecule has 2 N–H and O–H groups in total. The Hall–Kier alpha value is -1.95. The zero-order valence-electron chi connectivity index (χ0n) is 17.5. The standard InChI is InChI=1S/C24H31N3O2S/c28-21(27-8-4-1-5-9-27)19-6-2-3-7-20(19)25-23(30)26-22(29)24-13-16-10-17(14-24)12-18(11-16)15-24/h2-3,6-7,16-18H,1,4-5,8-15H2,(H2,25,26,29,30). The molecule has 0 unspecified atom stereocenters. The third kappa shape index (κ3) is 3.75. The smallest absolute Gasteiger partial charge is 0.255 e. The van der Waals surface area contributed by atoms with E-state index in [2.05, 4.69) is 10.6 Å². The number of nitrogens with zero attached hydrogens (tertiary/aromatic N) is 1. The van der Waals surface area contributed by atoms with Crippen molar-refractivity contribution in [3.63, 3.8) is 0 Å². The summed E-state index contributed by atoms with van der Waals surface area (Å²) < 4.78 is 0. The summed E-state index contributed by atoms with van der Waals surface area (Å²) in [5.74, 6) is 2.26. The summed E-state index contributed by atoms with van der Waals surface area (Å²) in [6.45, 7) is 1.61. The topological polar surface area (TPSA) is 61.4 Å². The fraction of sp³-hybridized carbons (Fsp3) is 0.625. The normalized spacial score (nSPS) is 32.0. The van der Waals surface area contributed by atoms with Gasteiger partial charge in [0, 0.05) is 13.1 Å². The van der Waals surface area contributed by atoms with Gasteiger partial charge < -0.3 is 15.5 Å². The number of thiocarbonyl (C=S) groups is 1. The first-order valence-corrected chi connectivity index (χ1v) is 11.9. The largest absolute Gasteiger partial charge is 0.339 e. The van der Waals surface area contributed by atoms with E-state index in [1.807, 2.05) is 29.2 Å². The molecule has 4 bridgehead atoms. The molecule has 5 aliphatic rings. The zero-order chi connectivity index (χ0) is 20.7. The Balaban J connectivity index is 1.26. The van der Waals surface area contributed by atoms with Crippen LogP contribution in [-0.4, -0.2) is 34.9 Å². The van der Waals surface area contributed by atoms with E-state index in [0.29, 0.717) is 34.1 Å². The molecule has 0 atom stereocenters. The number of carbonyl (C=O) groups excluding carboxylic acids is 2. The zero-order valence-corrected chi connectivity index (χ0v) is 18.3. The molecule has 4 saturated carbocycles. The van der Waals surface area contributed by atoms with Crippen molar-refractivity contribution in [3.05, 3.63) is 29.8 Å². The van der Waals surface area contributed by atoms with Gasteiger partial charge in [0.2, 0.25) is 5.91 Å². The fourth-order valence-electron chi connectivity index (χ4n) is 6.82. The predicted octanol–water partition coefficient (Wildman–Crippen LogP) is 4.34. The monoisotopic (exact) mass is 425 g/mol. The summed E-state index contributed by atoms with van der Waals surface area (Å²) in [5.41, 5.74) is 1.05. The summed E-state index contributed by atoms with van der Waals surface area (Å²) in [7, 11) is 0. The SMILES string of the molecule is O=C(c1ccccc1NC(=S)NC(=O)C12CC3CC(CC(C3)C1)C2)N1CCCCC1. The molecular weight excluding hydrogens is 394 g/mol. The summed E-state index contributed by atoms with van der Waals surface area (Å²) in [4.78, 5) is 28.2. The number of para-hydroxylation sites is 1. The molecular formula is C24H31N3O2S. The lowest BCUT2D eigenvalue weighted by molar-refractivity contribution is -0.144. The molecule has 30 heavy (non-hydrogen) atoms. The predicted molar refractivity (Wildman–Crippen MR) is 121 cm³/mol. The highest BCUT2D eigenvalue weighted by Gasteiger charge is 2.54. The first kappa shape index (κ1) is 20.0. The van der Waals surface area contributed by atoms with Crippen molar-refractivity contribution in [1.29, 1.82) is 0 Å². The number of hydrogen-bond acceptors (Lipinski definition) is 3. The van der Waals surface area contributed by atoms with Gasteiger partial charge in [-0.05, 0) is 99.9 Å². The second-order valence-electron chi connectivity index (χ2n) is 10.0. The molecule has 1 heterocycles. The Bertz CT molecular complexity index is 826. The van der Waals surface area contributed by atoms with Gasteiger partial charge in [-0.25, -0.2) is 0 Å². The molecule has 5 nitrogen and oxygen atoms in total. The maximum Gasteiger partial charge on any atom is 0.255 e. The van der Waals surface area contributed by atoms with Gasteiger partial charge in [-0.2, -0.15) is 0 Å². The van der Waals surface area contributed by atoms with E-state index >= 15 is 0 Å². The average molecular weight is 426 g/mol. The van der Waals surface area contributed by atoms with Crippen LogP contribution >= 0.6 is 12.2 Å². The number of anilines is 1. The van der Waals surface area contributed by atoms with Gasteiger partial charge >= 0.3 is 0 Å². The summed E-state index contributed by atoms with van der Waals surface area (Å²) in [6.07, 6.45) is 10.3. The molecule has 5 fully saturated rings. The third-order valence-electron chi connectivity index (χ3n) is 7.80. The quantitative estimate of drug-likeness (QED) is 0.707. The van der Waals surface area contributed by atoms with Crippen LogP contribution in [0.1, 0.15) is 68.1 Å². The highest BCUT2D eigenvalue weighted by molar-refractivity contribution is 7.80. The summed E-state index contributed by atoms with van der Waals surface area (Å²) >= 11 is 5.50. The molecule has 0 aromatic heterocycles. The minimum atomic E-state index is -0.233. The molecule has 0 radical (unpaired) electrons. The molecule has 1 aliphatic heterocycles. The second-order valence-corrected chi connectivity index (χ2v) is 10.4. The van der Waals surface area contributed by atoms with Gasteiger partial charge in [-0.1, -0.05) is 12.1 Å². The lowest BCUT2D eigenvalue weighted by atomic mass is 9.49. The Morgan fingerprint density at radius 3 is 2.17 bits per heavy atom. The van der Waals surface area contributed by atoms with E-state index in [1.54, 1.807) is 0 Å². The van der Waals surface area contributed by atoms with Crippen molar-refractivity contribution in [2.45, 2.75) is 57.8 Å². The Kier molecular flexibility index (Phi) is 5.30. The van der Waals surface area contributed by atoms with E-state index in [1.165, 1.54) is 25.7 Å². The minimum Gasteiger partial charge on any atom is -0.339 e. The molecule has 1 aromatic carbocycles. The summed E-state index contributed by atoms with van der Waals surface area (Å²) in [6, 6.07) is 7.46. The first-order valence-electron chi connectivity index (χ1n) is 11.5. The molecule has 6 rings (SSSR count). The van der Waals surface area contributed by atoms with Crippen LogP contribution in [0.3, 0.4) is 0 Å². The Morgan fingerprint density at radius 2 is 1.53 bits per heavy atom. The second kappa shape index (κ2) is 7.95. The van der Waals surface area contributed by atoms with Gasteiger partial charge in [0.05, 0.1) is 16.7 Å². The van der Waals surface area contributed by atoms with E-state index in [-0.39, 0.29) is 17.2 Å². The Labute approximate surface area is 184 Å². The summed E-state index contributed by atoms with van der Waals surface area (Å²) in [5, 5.41) is 6.43. The van der Waals surface area contributed by atoms with Crippen molar-refractivity contribution < 1.29 is 9.59 Å². The van der Waals surface area contributed by atoms with Crippen LogP contribution in [0, 0.1) is 23.2 Å². The molecule has 0 spiro atoms. The number of likely N-dealkylation sites (tertiary alicyclic amines) is 1. The minimum absolute atomic E-state index is 0.0352. The van der Waals surface area contributed by atoms with Crippen molar-refractivity contribution in [2.75, 3.05) is 18.4 Å². The number of rotatable bonds is 3. The van der Waals surface area contributed by atoms with Crippen LogP contribution < -0.4 is 10.6 Å². The van der Waals surface area contributed by atoms with Crippen LogP contribution in [0.4, 0.5) is 5.69 Å². The Morgan fingerprint density at radius 1 is 0.933 bits per heavy atom. The number of piperidine rings is 1. The van der Waals surface area contributed by atoms with E-state index < -0.39 is 0 Å². The molecule has 1 aromatic rings. The fourth-order valence-corrected chi connectivity index (χ4v) is 7.03. The van der Waals surface area contributed by atoms with Crippen LogP contribution in [0.15, 0.2) is 24.3 Å². The van der Waals surface area contributed by atoms with Gasteiger partial charge in [0.25, 0.3) is 5.91 Å². The average Bonchev–Trinajstić information content (AvgIpc) is 2.73. The maximum atomic E-state index is 13.2. The number of hydrogen-bond donors (Lipinski definition) is 2. The van der Waals surface area contributed by atoms with Crippen LogP contribution in [0.25, 0.3) is 0 Å². The number of nitrogens with one attached hydrogen (secondary N) is 2. The first-order chi connectivity index (χ1) is 14.5. The number of amides is 2. The van der Waals surface area contributed by atoms with E-state index in [9.17, 15) is 9.59 Å². The highest BCUT2D eigenvalue weighted by atomic mass is 32.1. The maximum absolute atomic E-state index is 13.2. The van der Waals surface area contributed by atoms with Gasteiger partial charge in [0.15, 0.2) is 5.11 Å². The number of carbonyl (C=O) groups is 2. The van der Waals surface area contributed by atoms with Gasteiger partial charge in [-0.3, -0.25) is 9.59 Å². The molecule has 160 valence electrons. The van der Waals surface area contributed by atoms with Gasteiger partial charge in [-0.15, -0.1) is 0 Å². The highest BCUT2D eigenvalue weighted by Crippen LogP contribution is 2.60. The third-order valence-corrected chi connectivity index (χ3v) is 8.00. The van der Waals surface area contributed by atoms with Crippen LogP contribution in [0.2, 0.25) is 0 Å². The van der Waals surface area contributed by atoms with Crippen molar-refractivity contribution in [1.82, 2.24) is 10.2 Å². The van der Waals surface area contributed by atoms with Gasteiger partial charge in [0.1, 0.15) is 0 Å². The molecule has 1 saturated heterocycles. The number of benzene rings is 1. The van der Waals surface area contributed by atoms with Crippen LogP contribution in [-0.2, 0) is 4.79 Å². The van der Waals surface area contributed by atoms with Crippen LogP contribution in [0.5, 0.6) is 0 Å².